The Kier molecular flexibility index (Phi) is 4.43. The molecule has 6 atom stereocenters. The van der Waals surface area contributed by atoms with Crippen LogP contribution in [0.2, 0.25) is 0 Å². The zero-order valence-corrected chi connectivity index (χ0v) is 15.9. The summed E-state index contributed by atoms with van der Waals surface area (Å²) in [4.78, 5) is 23.2. The number of hydrogen-bond acceptors (Lipinski definition) is 3. The molecule has 24 heavy (non-hydrogen) atoms. The van der Waals surface area contributed by atoms with Crippen molar-refractivity contribution < 1.29 is 9.59 Å². The van der Waals surface area contributed by atoms with Crippen LogP contribution in [0.4, 0.5) is 0 Å². The second kappa shape index (κ2) is 6.30. The topological polar surface area (TPSA) is 34.1 Å². The summed E-state index contributed by atoms with van der Waals surface area (Å²) in [6.45, 7) is 4.16. The number of rotatable bonds is 2. The maximum absolute atomic E-state index is 11.9. The highest BCUT2D eigenvalue weighted by Gasteiger charge is 2.54. The number of allylic oxidation sites excluding steroid dienone is 1. The van der Waals surface area contributed by atoms with Crippen molar-refractivity contribution in [1.29, 1.82) is 0 Å². The Morgan fingerprint density at radius 3 is 2.71 bits per heavy atom. The second-order valence-corrected chi connectivity index (χ2v) is 10.1. The first kappa shape index (κ1) is 16.9. The molecule has 132 valence electrons. The van der Waals surface area contributed by atoms with Crippen LogP contribution in [0.1, 0.15) is 65.2 Å². The van der Waals surface area contributed by atoms with Crippen molar-refractivity contribution in [1.82, 2.24) is 0 Å². The van der Waals surface area contributed by atoms with Gasteiger partial charge in [0.25, 0.3) is 0 Å². The van der Waals surface area contributed by atoms with E-state index in [1.807, 2.05) is 6.08 Å². The standard InChI is InChI=1S/C21H30O2S/c1-13(22)24-12-14-3-5-18-17(14)7-8-20-19(18)6-4-15-11-16(23)9-10-21(15,20)2/h11,14,17-20H,3-10,12H2,1-2H3/t14?,17-,18-,19+,20+,21+/m1/s1. The van der Waals surface area contributed by atoms with Crippen molar-refractivity contribution in [3.8, 4) is 0 Å². The van der Waals surface area contributed by atoms with E-state index in [-0.39, 0.29) is 5.12 Å². The first-order valence-corrected chi connectivity index (χ1v) is 10.8. The van der Waals surface area contributed by atoms with Gasteiger partial charge < -0.3 is 0 Å². The van der Waals surface area contributed by atoms with Gasteiger partial charge in [-0.2, -0.15) is 0 Å². The number of thioether (sulfide) groups is 1. The van der Waals surface area contributed by atoms with Crippen LogP contribution in [0.25, 0.3) is 0 Å². The fraction of sp³-hybridized carbons (Fsp3) is 0.810. The average Bonchev–Trinajstić information content (AvgIpc) is 2.97. The van der Waals surface area contributed by atoms with E-state index in [1.165, 1.54) is 37.7 Å². The Morgan fingerprint density at radius 1 is 1.12 bits per heavy atom. The molecule has 0 heterocycles. The molecule has 1 unspecified atom stereocenters. The molecule has 0 aliphatic heterocycles. The van der Waals surface area contributed by atoms with Gasteiger partial charge in [0.1, 0.15) is 0 Å². The molecule has 0 amide bonds. The lowest BCUT2D eigenvalue weighted by molar-refractivity contribution is -0.117. The lowest BCUT2D eigenvalue weighted by Gasteiger charge is -2.55. The molecule has 0 aromatic heterocycles. The summed E-state index contributed by atoms with van der Waals surface area (Å²) in [5.41, 5.74) is 1.77. The van der Waals surface area contributed by atoms with Gasteiger partial charge in [-0.3, -0.25) is 9.59 Å². The maximum Gasteiger partial charge on any atom is 0.185 e. The van der Waals surface area contributed by atoms with Crippen LogP contribution >= 0.6 is 11.8 Å². The van der Waals surface area contributed by atoms with Crippen molar-refractivity contribution in [3.63, 3.8) is 0 Å². The van der Waals surface area contributed by atoms with Crippen molar-refractivity contribution in [2.24, 2.45) is 35.0 Å². The largest absolute Gasteiger partial charge is 0.295 e. The first-order chi connectivity index (χ1) is 11.5. The molecule has 0 radical (unpaired) electrons. The Labute approximate surface area is 150 Å². The third kappa shape index (κ3) is 2.71. The molecule has 0 N–H and O–H groups in total. The molecule has 3 saturated carbocycles. The molecule has 4 aliphatic carbocycles. The minimum Gasteiger partial charge on any atom is -0.295 e. The van der Waals surface area contributed by atoms with E-state index in [4.69, 9.17) is 0 Å². The summed E-state index contributed by atoms with van der Waals surface area (Å²) in [7, 11) is 0. The van der Waals surface area contributed by atoms with E-state index in [2.05, 4.69) is 6.92 Å². The van der Waals surface area contributed by atoms with Gasteiger partial charge in [0, 0.05) is 19.1 Å². The van der Waals surface area contributed by atoms with Gasteiger partial charge in [-0.05, 0) is 86.0 Å². The summed E-state index contributed by atoms with van der Waals surface area (Å²) in [6.07, 6.45) is 11.7. The Morgan fingerprint density at radius 2 is 1.92 bits per heavy atom. The van der Waals surface area contributed by atoms with Gasteiger partial charge in [0.05, 0.1) is 0 Å². The number of carbonyl (C=O) groups is 2. The zero-order chi connectivity index (χ0) is 16.9. The summed E-state index contributed by atoms with van der Waals surface area (Å²) >= 11 is 1.55. The minimum absolute atomic E-state index is 0.277. The predicted octanol–water partition coefficient (Wildman–Crippen LogP) is 5.02. The monoisotopic (exact) mass is 346 g/mol. The van der Waals surface area contributed by atoms with Crippen molar-refractivity contribution in [3.05, 3.63) is 11.6 Å². The van der Waals surface area contributed by atoms with E-state index >= 15 is 0 Å². The summed E-state index contributed by atoms with van der Waals surface area (Å²) in [5.74, 6) is 5.58. The van der Waals surface area contributed by atoms with Crippen LogP contribution in [0, 0.1) is 35.0 Å². The van der Waals surface area contributed by atoms with E-state index in [1.54, 1.807) is 18.7 Å². The summed E-state index contributed by atoms with van der Waals surface area (Å²) in [5, 5.41) is 0.277. The molecule has 0 saturated heterocycles. The van der Waals surface area contributed by atoms with Gasteiger partial charge in [-0.1, -0.05) is 24.3 Å². The molecule has 4 aliphatic rings. The van der Waals surface area contributed by atoms with Crippen LogP contribution < -0.4 is 0 Å². The van der Waals surface area contributed by atoms with E-state index in [0.29, 0.717) is 11.2 Å². The normalized spacial score (nSPS) is 44.3. The minimum atomic E-state index is 0.277. The highest BCUT2D eigenvalue weighted by molar-refractivity contribution is 8.13. The SMILES string of the molecule is CC(=O)SCC1CC[C@H]2[C@@H]3CCC4=CC(=O)CC[C@]4(C)[C@H]3CC[C@H]12. The Hall–Kier alpha value is -0.570. The van der Waals surface area contributed by atoms with Crippen LogP contribution in [0.5, 0.6) is 0 Å². The molecule has 2 nitrogen and oxygen atoms in total. The number of carbonyl (C=O) groups excluding carboxylic acids is 2. The zero-order valence-electron chi connectivity index (χ0n) is 15.1. The second-order valence-electron chi connectivity index (χ2n) is 8.91. The van der Waals surface area contributed by atoms with Gasteiger partial charge in [0.2, 0.25) is 0 Å². The Balaban J connectivity index is 1.52. The predicted molar refractivity (Wildman–Crippen MR) is 98.7 cm³/mol. The summed E-state index contributed by atoms with van der Waals surface area (Å²) < 4.78 is 0. The van der Waals surface area contributed by atoms with Crippen LogP contribution in [0.3, 0.4) is 0 Å². The number of fused-ring (bicyclic) bond motifs is 5. The summed E-state index contributed by atoms with van der Waals surface area (Å²) in [6, 6.07) is 0. The van der Waals surface area contributed by atoms with Crippen LogP contribution in [-0.2, 0) is 9.59 Å². The molecule has 4 rings (SSSR count). The quantitative estimate of drug-likeness (QED) is 0.704. The van der Waals surface area contributed by atoms with Crippen molar-refractivity contribution in [2.45, 2.75) is 65.2 Å². The molecule has 0 spiro atoms. The highest BCUT2D eigenvalue weighted by Crippen LogP contribution is 2.62. The van der Waals surface area contributed by atoms with Gasteiger partial charge in [0.15, 0.2) is 10.9 Å². The number of ketones is 1. The Bertz CT molecular complexity index is 580. The molecular formula is C21H30O2S. The third-order valence-corrected chi connectivity index (χ3v) is 8.93. The fourth-order valence-corrected chi connectivity index (χ4v) is 7.63. The molecule has 3 heteroatoms. The molecular weight excluding hydrogens is 316 g/mol. The maximum atomic E-state index is 11.9. The van der Waals surface area contributed by atoms with E-state index in [9.17, 15) is 9.59 Å². The van der Waals surface area contributed by atoms with E-state index < -0.39 is 0 Å². The van der Waals surface area contributed by atoms with Crippen molar-refractivity contribution in [2.75, 3.05) is 5.75 Å². The number of hydrogen-bond donors (Lipinski definition) is 0. The third-order valence-electron chi connectivity index (χ3n) is 7.93. The smallest absolute Gasteiger partial charge is 0.185 e. The van der Waals surface area contributed by atoms with Gasteiger partial charge >= 0.3 is 0 Å². The van der Waals surface area contributed by atoms with E-state index in [0.717, 1.165) is 54.6 Å². The van der Waals surface area contributed by atoms with Crippen molar-refractivity contribution >= 4 is 22.7 Å². The molecule has 0 aromatic rings. The lowest BCUT2D eigenvalue weighted by atomic mass is 9.49. The molecule has 0 bridgehead atoms. The molecule has 3 fully saturated rings. The first-order valence-electron chi connectivity index (χ1n) is 9.86. The van der Waals surface area contributed by atoms with Crippen LogP contribution in [-0.4, -0.2) is 16.7 Å². The highest BCUT2D eigenvalue weighted by atomic mass is 32.2. The lowest BCUT2D eigenvalue weighted by Crippen LogP contribution is -2.47. The van der Waals surface area contributed by atoms with Gasteiger partial charge in [-0.15, -0.1) is 0 Å². The van der Waals surface area contributed by atoms with Gasteiger partial charge in [-0.25, -0.2) is 0 Å². The van der Waals surface area contributed by atoms with Crippen LogP contribution in [0.15, 0.2) is 11.6 Å². The average molecular weight is 347 g/mol. The fourth-order valence-electron chi connectivity index (χ4n) is 6.77. The molecule has 0 aromatic carbocycles.